The largest absolute Gasteiger partial charge is 0.492 e. The van der Waals surface area contributed by atoms with Crippen LogP contribution < -0.4 is 4.74 Å². The van der Waals surface area contributed by atoms with Gasteiger partial charge in [0.2, 0.25) is 0 Å². The van der Waals surface area contributed by atoms with Crippen molar-refractivity contribution >= 4 is 23.2 Å². The molecule has 0 atom stereocenters. The zero-order valence-corrected chi connectivity index (χ0v) is 15.6. The first-order valence-corrected chi connectivity index (χ1v) is 9.07. The van der Waals surface area contributed by atoms with Gasteiger partial charge in [0.15, 0.2) is 0 Å². The monoisotopic (exact) mass is 358 g/mol. The van der Waals surface area contributed by atoms with Gasteiger partial charge < -0.3 is 13.7 Å². The Kier molecular flexibility index (Phi) is 4.79. The smallest absolute Gasteiger partial charge is 0.134 e. The summed E-state index contributed by atoms with van der Waals surface area (Å²) in [7, 11) is 0. The van der Waals surface area contributed by atoms with Crippen molar-refractivity contribution in [2.75, 3.05) is 6.61 Å². The molecule has 4 nitrogen and oxygen atoms in total. The van der Waals surface area contributed by atoms with E-state index in [1.54, 1.807) is 6.26 Å². The predicted molar refractivity (Wildman–Crippen MR) is 109 cm³/mol. The van der Waals surface area contributed by atoms with E-state index in [0.29, 0.717) is 13.2 Å². The van der Waals surface area contributed by atoms with Crippen LogP contribution in [0, 0.1) is 13.8 Å². The third-order valence-electron chi connectivity index (χ3n) is 4.40. The first-order chi connectivity index (χ1) is 13.2. The molecule has 4 rings (SSSR count). The van der Waals surface area contributed by atoms with Gasteiger partial charge in [-0.2, -0.15) is 0 Å². The highest BCUT2D eigenvalue weighted by molar-refractivity contribution is 5.79. The molecule has 2 heterocycles. The fraction of sp³-hybridized carbons (Fsp3) is 0.174. The zero-order valence-electron chi connectivity index (χ0n) is 15.6. The lowest BCUT2D eigenvalue weighted by Crippen LogP contribution is -2.09. The number of aromatic nitrogens is 2. The highest BCUT2D eigenvalue weighted by Gasteiger charge is 2.08. The number of hydrogen-bond acceptors (Lipinski definition) is 3. The molecule has 0 unspecified atom stereocenters. The number of rotatable bonds is 6. The molecule has 0 aliphatic heterocycles. The minimum absolute atomic E-state index is 0.574. The van der Waals surface area contributed by atoms with Crippen LogP contribution in [-0.2, 0) is 6.54 Å². The quantitative estimate of drug-likeness (QED) is 0.457. The van der Waals surface area contributed by atoms with E-state index in [4.69, 9.17) is 14.1 Å². The molecule has 0 bridgehead atoms. The molecular weight excluding hydrogens is 336 g/mol. The van der Waals surface area contributed by atoms with E-state index in [0.717, 1.165) is 28.4 Å². The van der Waals surface area contributed by atoms with Crippen molar-refractivity contribution in [3.05, 3.63) is 83.6 Å². The summed E-state index contributed by atoms with van der Waals surface area (Å²) in [6.45, 7) is 5.46. The van der Waals surface area contributed by atoms with E-state index in [1.807, 2.05) is 42.5 Å². The lowest BCUT2D eigenvalue weighted by Gasteiger charge is -2.11. The van der Waals surface area contributed by atoms with Crippen molar-refractivity contribution < 1.29 is 9.15 Å². The van der Waals surface area contributed by atoms with Crippen molar-refractivity contribution in [1.29, 1.82) is 0 Å². The topological polar surface area (TPSA) is 40.2 Å². The van der Waals surface area contributed by atoms with Crippen molar-refractivity contribution in [2.24, 2.45) is 0 Å². The molecule has 0 amide bonds. The number of aryl methyl sites for hydroxylation is 2. The van der Waals surface area contributed by atoms with E-state index in [2.05, 4.69) is 42.7 Å². The van der Waals surface area contributed by atoms with Gasteiger partial charge in [-0.25, -0.2) is 4.98 Å². The molecule has 0 spiro atoms. The molecule has 4 heteroatoms. The van der Waals surface area contributed by atoms with Gasteiger partial charge in [0.25, 0.3) is 0 Å². The van der Waals surface area contributed by atoms with Gasteiger partial charge in [-0.3, -0.25) is 0 Å². The maximum Gasteiger partial charge on any atom is 0.134 e. The Balaban J connectivity index is 1.57. The average molecular weight is 358 g/mol. The third kappa shape index (κ3) is 3.95. The van der Waals surface area contributed by atoms with E-state index in [1.165, 1.54) is 11.1 Å². The van der Waals surface area contributed by atoms with Crippen molar-refractivity contribution in [2.45, 2.75) is 20.4 Å². The van der Waals surface area contributed by atoms with E-state index < -0.39 is 0 Å². The molecule has 4 aromatic rings. The number of furan rings is 1. The first kappa shape index (κ1) is 17.2. The van der Waals surface area contributed by atoms with Crippen LogP contribution in [0.4, 0.5) is 0 Å². The number of ether oxygens (including phenoxy) is 1. The summed E-state index contributed by atoms with van der Waals surface area (Å²) in [6.07, 6.45) is 5.58. The Morgan fingerprint density at radius 2 is 1.81 bits per heavy atom. The Labute approximate surface area is 158 Å². The summed E-state index contributed by atoms with van der Waals surface area (Å²) in [5, 5.41) is 0. The molecule has 0 N–H and O–H groups in total. The number of fused-ring (bicyclic) bond motifs is 1. The molecule has 0 fully saturated rings. The molecule has 0 aliphatic rings. The Hall–Kier alpha value is -3.27. The second-order valence-corrected chi connectivity index (χ2v) is 6.63. The molecule has 2 aromatic heterocycles. The summed E-state index contributed by atoms with van der Waals surface area (Å²) >= 11 is 0. The molecular formula is C23H22N2O2. The first-order valence-electron chi connectivity index (χ1n) is 9.07. The maximum absolute atomic E-state index is 6.00. The molecule has 0 radical (unpaired) electrons. The lowest BCUT2D eigenvalue weighted by molar-refractivity contribution is 0.299. The second-order valence-electron chi connectivity index (χ2n) is 6.63. The third-order valence-corrected chi connectivity index (χ3v) is 4.40. The lowest BCUT2D eigenvalue weighted by atomic mass is 10.1. The normalized spacial score (nSPS) is 11.5. The van der Waals surface area contributed by atoms with E-state index >= 15 is 0 Å². The molecule has 27 heavy (non-hydrogen) atoms. The number of hydrogen-bond donors (Lipinski definition) is 0. The molecule has 0 aliphatic carbocycles. The Morgan fingerprint density at radius 3 is 2.59 bits per heavy atom. The van der Waals surface area contributed by atoms with Gasteiger partial charge in [-0.05, 0) is 73.5 Å². The van der Waals surface area contributed by atoms with Gasteiger partial charge in [0.1, 0.15) is 23.9 Å². The molecule has 0 saturated carbocycles. The van der Waals surface area contributed by atoms with Crippen molar-refractivity contribution in [1.82, 2.24) is 9.55 Å². The van der Waals surface area contributed by atoms with Crippen LogP contribution in [0.2, 0.25) is 0 Å². The highest BCUT2D eigenvalue weighted by atomic mass is 16.5. The van der Waals surface area contributed by atoms with E-state index in [-0.39, 0.29) is 0 Å². The number of para-hydroxylation sites is 2. The van der Waals surface area contributed by atoms with Crippen LogP contribution in [0.15, 0.2) is 65.3 Å². The Morgan fingerprint density at radius 1 is 1.00 bits per heavy atom. The molecule has 0 saturated heterocycles. The SMILES string of the molecule is Cc1cc(C)cc(OCCn2c(/C=C/c3ccco3)nc3ccccc32)c1. The zero-order chi connectivity index (χ0) is 18.6. The number of nitrogens with zero attached hydrogens (tertiary/aromatic N) is 2. The van der Waals surface area contributed by atoms with Crippen molar-refractivity contribution in [3.8, 4) is 5.75 Å². The van der Waals surface area contributed by atoms with Crippen LogP contribution in [0.1, 0.15) is 22.7 Å². The predicted octanol–water partition coefficient (Wildman–Crippen LogP) is 5.50. The molecule has 2 aromatic carbocycles. The van der Waals surface area contributed by atoms with E-state index in [9.17, 15) is 0 Å². The fourth-order valence-corrected chi connectivity index (χ4v) is 3.27. The van der Waals surface area contributed by atoms with Gasteiger partial charge in [-0.1, -0.05) is 18.2 Å². The second kappa shape index (κ2) is 7.54. The number of benzene rings is 2. The van der Waals surface area contributed by atoms with Gasteiger partial charge >= 0.3 is 0 Å². The summed E-state index contributed by atoms with van der Waals surface area (Å²) in [4.78, 5) is 4.74. The van der Waals surface area contributed by atoms with Gasteiger partial charge in [0.05, 0.1) is 23.8 Å². The molecule has 136 valence electrons. The Bertz CT molecular complexity index is 1050. The summed E-state index contributed by atoms with van der Waals surface area (Å²) in [6, 6.07) is 18.2. The van der Waals surface area contributed by atoms with Gasteiger partial charge in [-0.15, -0.1) is 0 Å². The van der Waals surface area contributed by atoms with Crippen LogP contribution in [-0.4, -0.2) is 16.2 Å². The maximum atomic E-state index is 6.00. The van der Waals surface area contributed by atoms with Crippen molar-refractivity contribution in [3.63, 3.8) is 0 Å². The highest BCUT2D eigenvalue weighted by Crippen LogP contribution is 2.20. The van der Waals surface area contributed by atoms with Crippen LogP contribution in [0.5, 0.6) is 5.75 Å². The average Bonchev–Trinajstić information content (AvgIpc) is 3.27. The summed E-state index contributed by atoms with van der Waals surface area (Å²) in [5.41, 5.74) is 4.49. The van der Waals surface area contributed by atoms with Crippen LogP contribution >= 0.6 is 0 Å². The minimum atomic E-state index is 0.574. The van der Waals surface area contributed by atoms with Crippen LogP contribution in [0.3, 0.4) is 0 Å². The minimum Gasteiger partial charge on any atom is -0.492 e. The standard InChI is InChI=1S/C23H22N2O2/c1-17-14-18(2)16-20(15-17)27-13-11-25-22-8-4-3-7-21(22)24-23(25)10-9-19-6-5-12-26-19/h3-10,12,14-16H,11,13H2,1-2H3/b10-9+. The fourth-order valence-electron chi connectivity index (χ4n) is 3.27. The number of imidazole rings is 1. The van der Waals surface area contributed by atoms with Crippen LogP contribution in [0.25, 0.3) is 23.2 Å². The summed E-state index contributed by atoms with van der Waals surface area (Å²) < 4.78 is 13.6. The van der Waals surface area contributed by atoms with Gasteiger partial charge in [0, 0.05) is 0 Å². The summed E-state index contributed by atoms with van der Waals surface area (Å²) in [5.74, 6) is 2.60.